The van der Waals surface area contributed by atoms with Crippen molar-refractivity contribution in [1.29, 1.82) is 0 Å². The number of nitrogen functional groups attached to an aromatic ring is 1. The zero-order valence-electron chi connectivity index (χ0n) is 10.5. The van der Waals surface area contributed by atoms with E-state index in [-0.39, 0.29) is 11.9 Å². The molecule has 4 N–H and O–H groups in total. The average molecular weight is 263 g/mol. The highest BCUT2D eigenvalue weighted by molar-refractivity contribution is 5.92. The molecule has 0 spiro atoms. The molecule has 0 bridgehead atoms. The Morgan fingerprint density at radius 1 is 1.26 bits per heavy atom. The van der Waals surface area contributed by atoms with E-state index in [1.165, 1.54) is 0 Å². The maximum Gasteiger partial charge on any atom is 0.321 e. The molecule has 0 atom stereocenters. The molecule has 1 saturated heterocycles. The molecule has 6 nitrogen and oxygen atoms in total. The van der Waals surface area contributed by atoms with Gasteiger partial charge in [-0.15, -0.1) is 0 Å². The molecule has 1 aliphatic heterocycles. The molecule has 1 aromatic rings. The van der Waals surface area contributed by atoms with Gasteiger partial charge in [0, 0.05) is 13.1 Å². The molecule has 19 heavy (non-hydrogen) atoms. The molecule has 1 aromatic carbocycles. The number of urea groups is 1. The number of rotatable bonds is 2. The third-order valence-corrected chi connectivity index (χ3v) is 3.33. The van der Waals surface area contributed by atoms with Crippen molar-refractivity contribution in [3.05, 3.63) is 24.3 Å². The normalized spacial score (nSPS) is 16.1. The van der Waals surface area contributed by atoms with Crippen LogP contribution in [0.4, 0.5) is 16.2 Å². The van der Waals surface area contributed by atoms with Crippen LogP contribution in [0, 0.1) is 5.92 Å². The maximum atomic E-state index is 12.0. The quantitative estimate of drug-likeness (QED) is 0.706. The monoisotopic (exact) mass is 263 g/mol. The van der Waals surface area contributed by atoms with E-state index >= 15 is 0 Å². The number of carbonyl (C=O) groups excluding carboxylic acids is 1. The predicted octanol–water partition coefficient (Wildman–Crippen LogP) is 1.60. The minimum absolute atomic E-state index is 0.235. The molecule has 6 heteroatoms. The molecule has 2 rings (SSSR count). The number of piperidine rings is 1. The predicted molar refractivity (Wildman–Crippen MR) is 71.8 cm³/mol. The number of amides is 2. The minimum atomic E-state index is -0.785. The Kier molecular flexibility index (Phi) is 3.89. The van der Waals surface area contributed by atoms with Crippen LogP contribution in [0.3, 0.4) is 0 Å². The van der Waals surface area contributed by atoms with Crippen molar-refractivity contribution in [2.24, 2.45) is 5.92 Å². The molecule has 0 unspecified atom stereocenters. The number of likely N-dealkylation sites (tertiary alicyclic amines) is 1. The zero-order chi connectivity index (χ0) is 13.8. The maximum absolute atomic E-state index is 12.0. The number of para-hydroxylation sites is 2. The lowest BCUT2D eigenvalue weighted by Gasteiger charge is -2.30. The molecule has 0 saturated carbocycles. The van der Waals surface area contributed by atoms with Crippen LogP contribution >= 0.6 is 0 Å². The van der Waals surface area contributed by atoms with E-state index in [1.54, 1.807) is 29.2 Å². The van der Waals surface area contributed by atoms with Crippen LogP contribution in [-0.4, -0.2) is 35.1 Å². The second-order valence-electron chi connectivity index (χ2n) is 4.62. The highest BCUT2D eigenvalue weighted by Gasteiger charge is 2.27. The molecule has 0 aromatic heterocycles. The zero-order valence-corrected chi connectivity index (χ0v) is 10.5. The van der Waals surface area contributed by atoms with Gasteiger partial charge in [-0.2, -0.15) is 0 Å². The smallest absolute Gasteiger partial charge is 0.321 e. The van der Waals surface area contributed by atoms with Gasteiger partial charge in [-0.25, -0.2) is 4.79 Å². The van der Waals surface area contributed by atoms with E-state index < -0.39 is 5.97 Å². The van der Waals surface area contributed by atoms with E-state index in [1.807, 2.05) is 0 Å². The summed E-state index contributed by atoms with van der Waals surface area (Å²) in [6.45, 7) is 0.908. The highest BCUT2D eigenvalue weighted by Crippen LogP contribution is 2.20. The van der Waals surface area contributed by atoms with Crippen molar-refractivity contribution in [2.45, 2.75) is 12.8 Å². The molecular weight excluding hydrogens is 246 g/mol. The van der Waals surface area contributed by atoms with Crippen LogP contribution in [-0.2, 0) is 4.79 Å². The van der Waals surface area contributed by atoms with E-state index in [9.17, 15) is 9.59 Å². The highest BCUT2D eigenvalue weighted by atomic mass is 16.4. The van der Waals surface area contributed by atoms with Gasteiger partial charge in [0.1, 0.15) is 0 Å². The number of anilines is 2. The lowest BCUT2D eigenvalue weighted by molar-refractivity contribution is -0.143. The first-order valence-electron chi connectivity index (χ1n) is 6.21. The summed E-state index contributed by atoms with van der Waals surface area (Å²) in [5, 5.41) is 11.6. The van der Waals surface area contributed by atoms with Crippen LogP contribution < -0.4 is 11.1 Å². The molecule has 1 aliphatic rings. The molecule has 0 radical (unpaired) electrons. The first kappa shape index (κ1) is 13.2. The van der Waals surface area contributed by atoms with Crippen LogP contribution in [0.2, 0.25) is 0 Å². The minimum Gasteiger partial charge on any atom is -0.481 e. The Labute approximate surface area is 111 Å². The first-order valence-corrected chi connectivity index (χ1v) is 6.21. The summed E-state index contributed by atoms with van der Waals surface area (Å²) in [5.41, 5.74) is 6.84. The van der Waals surface area contributed by atoms with Gasteiger partial charge in [0.05, 0.1) is 17.3 Å². The summed E-state index contributed by atoms with van der Waals surface area (Å²) in [5.74, 6) is -1.13. The van der Waals surface area contributed by atoms with E-state index in [0.29, 0.717) is 37.3 Å². The van der Waals surface area contributed by atoms with Crippen molar-refractivity contribution in [2.75, 3.05) is 24.1 Å². The molecule has 0 aliphatic carbocycles. The topological polar surface area (TPSA) is 95.7 Å². The summed E-state index contributed by atoms with van der Waals surface area (Å²) in [7, 11) is 0. The number of carboxylic acid groups (broad SMARTS) is 1. The number of carbonyl (C=O) groups is 2. The summed E-state index contributed by atoms with van der Waals surface area (Å²) in [6.07, 6.45) is 0.986. The summed E-state index contributed by atoms with van der Waals surface area (Å²) in [6, 6.07) is 6.80. The fourth-order valence-electron chi connectivity index (χ4n) is 2.13. The van der Waals surface area contributed by atoms with Crippen LogP contribution in [0.5, 0.6) is 0 Å². The van der Waals surface area contributed by atoms with Gasteiger partial charge in [-0.3, -0.25) is 4.79 Å². The van der Waals surface area contributed by atoms with Crippen molar-refractivity contribution < 1.29 is 14.7 Å². The number of carboxylic acids is 1. The van der Waals surface area contributed by atoms with Gasteiger partial charge in [-0.1, -0.05) is 12.1 Å². The summed E-state index contributed by atoms with van der Waals surface area (Å²) < 4.78 is 0. The third kappa shape index (κ3) is 3.15. The van der Waals surface area contributed by atoms with Gasteiger partial charge in [-0.05, 0) is 25.0 Å². The fraction of sp³-hybridized carbons (Fsp3) is 0.385. The Hall–Kier alpha value is -2.24. The van der Waals surface area contributed by atoms with E-state index in [4.69, 9.17) is 10.8 Å². The number of hydrogen-bond donors (Lipinski definition) is 3. The Balaban J connectivity index is 1.92. The number of nitrogens with zero attached hydrogens (tertiary/aromatic N) is 1. The van der Waals surface area contributed by atoms with E-state index in [2.05, 4.69) is 5.32 Å². The molecule has 2 amide bonds. The van der Waals surface area contributed by atoms with Gasteiger partial charge in [0.25, 0.3) is 0 Å². The number of hydrogen-bond acceptors (Lipinski definition) is 3. The van der Waals surface area contributed by atoms with Crippen LogP contribution in [0.25, 0.3) is 0 Å². The number of nitrogens with one attached hydrogen (secondary N) is 1. The van der Waals surface area contributed by atoms with Crippen molar-refractivity contribution in [3.8, 4) is 0 Å². The SMILES string of the molecule is Nc1ccccc1NC(=O)N1CCC(C(=O)O)CC1. The number of aliphatic carboxylic acids is 1. The largest absolute Gasteiger partial charge is 0.481 e. The van der Waals surface area contributed by atoms with Crippen molar-refractivity contribution in [3.63, 3.8) is 0 Å². The molecular formula is C13H17N3O3. The fourth-order valence-corrected chi connectivity index (χ4v) is 2.13. The Morgan fingerprint density at radius 3 is 2.47 bits per heavy atom. The molecule has 1 heterocycles. The number of nitrogens with two attached hydrogens (primary N) is 1. The van der Waals surface area contributed by atoms with E-state index in [0.717, 1.165) is 0 Å². The summed E-state index contributed by atoms with van der Waals surface area (Å²) in [4.78, 5) is 24.5. The second-order valence-corrected chi connectivity index (χ2v) is 4.62. The van der Waals surface area contributed by atoms with Crippen molar-refractivity contribution in [1.82, 2.24) is 4.90 Å². The third-order valence-electron chi connectivity index (χ3n) is 3.33. The van der Waals surface area contributed by atoms with Gasteiger partial charge >= 0.3 is 12.0 Å². The van der Waals surface area contributed by atoms with Gasteiger partial charge < -0.3 is 21.1 Å². The average Bonchev–Trinajstić information content (AvgIpc) is 2.41. The summed E-state index contributed by atoms with van der Waals surface area (Å²) >= 11 is 0. The number of benzene rings is 1. The standard InChI is InChI=1S/C13H17N3O3/c14-10-3-1-2-4-11(10)15-13(19)16-7-5-9(6-8-16)12(17)18/h1-4,9H,5-8,14H2,(H,15,19)(H,17,18). The second kappa shape index (κ2) is 5.60. The lowest BCUT2D eigenvalue weighted by Crippen LogP contribution is -2.42. The Bertz CT molecular complexity index is 482. The first-order chi connectivity index (χ1) is 9.08. The van der Waals surface area contributed by atoms with Gasteiger partial charge in [0.15, 0.2) is 0 Å². The van der Waals surface area contributed by atoms with Crippen LogP contribution in [0.15, 0.2) is 24.3 Å². The van der Waals surface area contributed by atoms with Crippen LogP contribution in [0.1, 0.15) is 12.8 Å². The molecule has 102 valence electrons. The Morgan fingerprint density at radius 2 is 1.89 bits per heavy atom. The van der Waals surface area contributed by atoms with Gasteiger partial charge in [0.2, 0.25) is 0 Å². The molecule has 1 fully saturated rings. The lowest BCUT2D eigenvalue weighted by atomic mass is 9.97. The van der Waals surface area contributed by atoms with Crippen molar-refractivity contribution >= 4 is 23.4 Å².